The van der Waals surface area contributed by atoms with Crippen molar-refractivity contribution in [1.82, 2.24) is 0 Å². The SMILES string of the molecule is CCCCCCCC/C=C\CCCCCCCC(=O)O[C@H](COCCCCCCCCCCCCCCCC)COP(=O)([O-])OCC[NH3+]. The second-order valence-corrected chi connectivity index (χ2v) is 15.0. The molecule has 0 amide bonds. The van der Waals surface area contributed by atoms with Crippen LogP contribution < -0.4 is 10.6 Å². The van der Waals surface area contributed by atoms with Gasteiger partial charge in [-0.05, 0) is 38.5 Å². The number of hydrogen-bond donors (Lipinski definition) is 1. The van der Waals surface area contributed by atoms with E-state index in [2.05, 4.69) is 31.7 Å². The van der Waals surface area contributed by atoms with Crippen molar-refractivity contribution in [2.45, 2.75) is 200 Å². The van der Waals surface area contributed by atoms with Gasteiger partial charge in [0.1, 0.15) is 12.7 Å². The predicted molar refractivity (Wildman–Crippen MR) is 198 cm³/mol. The summed E-state index contributed by atoms with van der Waals surface area (Å²) in [6, 6.07) is 0. The second kappa shape index (κ2) is 37.5. The number of carbonyl (C=O) groups is 1. The van der Waals surface area contributed by atoms with Gasteiger partial charge in [0.15, 0.2) is 0 Å². The molecule has 0 aromatic carbocycles. The summed E-state index contributed by atoms with van der Waals surface area (Å²) in [6.45, 7) is 5.13. The Morgan fingerprint density at radius 1 is 0.604 bits per heavy atom. The van der Waals surface area contributed by atoms with E-state index in [1.807, 2.05) is 0 Å². The molecule has 8 nitrogen and oxygen atoms in total. The molecule has 3 N–H and O–H groups in total. The predicted octanol–water partition coefficient (Wildman–Crippen LogP) is 10.2. The number of carbonyl (C=O) groups excluding carboxylic acids is 1. The van der Waals surface area contributed by atoms with E-state index in [9.17, 15) is 14.3 Å². The van der Waals surface area contributed by atoms with E-state index >= 15 is 0 Å². The van der Waals surface area contributed by atoms with Gasteiger partial charge in [-0.15, -0.1) is 0 Å². The first-order valence-corrected chi connectivity index (χ1v) is 21.7. The quantitative estimate of drug-likeness (QED) is 0.0293. The molecular weight excluding hydrogens is 625 g/mol. The number of allylic oxidation sites excluding steroid dienone is 2. The highest BCUT2D eigenvalue weighted by Gasteiger charge is 2.19. The zero-order chi connectivity index (χ0) is 35.2. The molecule has 0 aromatic rings. The zero-order valence-corrected chi connectivity index (χ0v) is 32.5. The number of unbranched alkanes of at least 4 members (excludes halogenated alkanes) is 24. The van der Waals surface area contributed by atoms with E-state index < -0.39 is 13.9 Å². The summed E-state index contributed by atoms with van der Waals surface area (Å²) in [5.41, 5.74) is 3.58. The molecular formula is C39H78NO7P. The third kappa shape index (κ3) is 36.5. The van der Waals surface area contributed by atoms with Crippen molar-refractivity contribution in [2.75, 3.05) is 33.0 Å². The van der Waals surface area contributed by atoms with Crippen molar-refractivity contribution in [1.29, 1.82) is 0 Å². The topological polar surface area (TPSA) is 122 Å². The zero-order valence-electron chi connectivity index (χ0n) is 31.6. The summed E-state index contributed by atoms with van der Waals surface area (Å²) in [5, 5.41) is 0. The fourth-order valence-electron chi connectivity index (χ4n) is 5.70. The Labute approximate surface area is 296 Å². The summed E-state index contributed by atoms with van der Waals surface area (Å²) < 4.78 is 33.1. The first kappa shape index (κ1) is 47.2. The molecule has 0 spiro atoms. The third-order valence-electron chi connectivity index (χ3n) is 8.70. The Morgan fingerprint density at radius 2 is 1.04 bits per heavy atom. The highest BCUT2D eigenvalue weighted by Crippen LogP contribution is 2.38. The van der Waals surface area contributed by atoms with Gasteiger partial charge in [0.05, 0.1) is 19.8 Å². The van der Waals surface area contributed by atoms with Gasteiger partial charge < -0.3 is 29.1 Å². The first-order valence-electron chi connectivity index (χ1n) is 20.3. The average Bonchev–Trinajstić information content (AvgIpc) is 3.07. The standard InChI is InChI=1S/C39H78NO7P/c1-3-5-7-9-11-13-15-17-19-20-22-24-26-28-30-32-39(41)47-38(37-46-48(42,43)45-35-33-40)36-44-34-31-29-27-25-23-21-18-16-14-12-10-8-6-4-2/h17,19,38H,3-16,18,20-37,40H2,1-2H3,(H,42,43)/b19-17-/t38-/m1/s1. The molecule has 1 unspecified atom stereocenters. The number of esters is 1. The highest BCUT2D eigenvalue weighted by atomic mass is 31.2. The van der Waals surface area contributed by atoms with Crippen molar-refractivity contribution in [3.8, 4) is 0 Å². The molecule has 0 aliphatic carbocycles. The average molecular weight is 704 g/mol. The Hall–Kier alpha value is -0.760. The molecule has 0 saturated heterocycles. The summed E-state index contributed by atoms with van der Waals surface area (Å²) in [7, 11) is -4.48. The highest BCUT2D eigenvalue weighted by molar-refractivity contribution is 7.45. The third-order valence-corrected chi connectivity index (χ3v) is 9.66. The molecule has 48 heavy (non-hydrogen) atoms. The van der Waals surface area contributed by atoms with Crippen LogP contribution in [-0.2, 0) is 27.9 Å². The van der Waals surface area contributed by atoms with Gasteiger partial charge in [0, 0.05) is 13.0 Å². The summed E-state index contributed by atoms with van der Waals surface area (Å²) >= 11 is 0. The van der Waals surface area contributed by atoms with E-state index in [4.69, 9.17) is 18.5 Å². The van der Waals surface area contributed by atoms with Gasteiger partial charge in [-0.1, -0.05) is 161 Å². The van der Waals surface area contributed by atoms with Crippen LogP contribution in [0.15, 0.2) is 12.2 Å². The molecule has 0 saturated carbocycles. The maximum Gasteiger partial charge on any atom is 0.306 e. The van der Waals surface area contributed by atoms with E-state index in [-0.39, 0.29) is 25.8 Å². The summed E-state index contributed by atoms with van der Waals surface area (Å²) in [5.74, 6) is -0.347. The molecule has 0 rings (SSSR count). The van der Waals surface area contributed by atoms with Crippen LogP contribution >= 0.6 is 7.82 Å². The Bertz CT molecular complexity index is 752. The summed E-state index contributed by atoms with van der Waals surface area (Å²) in [6.07, 6.45) is 37.8. The molecule has 286 valence electrons. The molecule has 0 aliphatic rings. The van der Waals surface area contributed by atoms with Gasteiger partial charge in [-0.2, -0.15) is 0 Å². The second-order valence-electron chi connectivity index (χ2n) is 13.5. The van der Waals surface area contributed by atoms with E-state index in [0.29, 0.717) is 19.6 Å². The van der Waals surface area contributed by atoms with Gasteiger partial charge in [0.25, 0.3) is 7.82 Å². The lowest BCUT2D eigenvalue weighted by atomic mass is 10.0. The molecule has 2 atom stereocenters. The maximum atomic E-state index is 12.5. The minimum Gasteiger partial charge on any atom is -0.756 e. The Balaban J connectivity index is 4.05. The van der Waals surface area contributed by atoms with Crippen LogP contribution in [0, 0.1) is 0 Å². The van der Waals surface area contributed by atoms with Crippen molar-refractivity contribution >= 4 is 13.8 Å². The lowest BCUT2D eigenvalue weighted by molar-refractivity contribution is -0.373. The van der Waals surface area contributed by atoms with Gasteiger partial charge >= 0.3 is 5.97 Å². The Morgan fingerprint density at radius 3 is 1.52 bits per heavy atom. The van der Waals surface area contributed by atoms with Crippen LogP contribution in [0.3, 0.4) is 0 Å². The van der Waals surface area contributed by atoms with Crippen LogP contribution in [0.4, 0.5) is 0 Å². The molecule has 0 heterocycles. The molecule has 0 aliphatic heterocycles. The van der Waals surface area contributed by atoms with Crippen molar-refractivity contribution < 1.29 is 38.5 Å². The number of phosphoric acid groups is 1. The molecule has 0 bridgehead atoms. The van der Waals surface area contributed by atoms with Crippen LogP contribution in [-0.4, -0.2) is 45.0 Å². The summed E-state index contributed by atoms with van der Waals surface area (Å²) in [4.78, 5) is 24.5. The minimum atomic E-state index is -4.48. The van der Waals surface area contributed by atoms with Crippen LogP contribution in [0.1, 0.15) is 194 Å². The smallest absolute Gasteiger partial charge is 0.306 e. The maximum absolute atomic E-state index is 12.5. The molecule has 9 heteroatoms. The van der Waals surface area contributed by atoms with Crippen LogP contribution in [0.25, 0.3) is 0 Å². The Kier molecular flexibility index (Phi) is 36.9. The number of phosphoric ester groups is 1. The first-order chi connectivity index (χ1) is 23.4. The number of quaternary nitrogens is 1. The van der Waals surface area contributed by atoms with Crippen molar-refractivity contribution in [3.63, 3.8) is 0 Å². The van der Waals surface area contributed by atoms with Crippen LogP contribution in [0.5, 0.6) is 0 Å². The normalized spacial score (nSPS) is 13.7. The fraction of sp³-hybridized carbons (Fsp3) is 0.923. The molecule has 0 aromatic heterocycles. The van der Waals surface area contributed by atoms with E-state index in [1.165, 1.54) is 128 Å². The fourth-order valence-corrected chi connectivity index (χ4v) is 6.48. The lowest BCUT2D eigenvalue weighted by Gasteiger charge is -2.25. The van der Waals surface area contributed by atoms with Gasteiger partial charge in [-0.3, -0.25) is 9.36 Å². The molecule has 0 fully saturated rings. The number of rotatable bonds is 39. The molecule has 0 radical (unpaired) electrons. The number of hydrogen-bond acceptors (Lipinski definition) is 7. The lowest BCUT2D eigenvalue weighted by Crippen LogP contribution is -2.52. The monoisotopic (exact) mass is 704 g/mol. The largest absolute Gasteiger partial charge is 0.756 e. The minimum absolute atomic E-state index is 0.0453. The van der Waals surface area contributed by atoms with Gasteiger partial charge in [-0.25, -0.2) is 0 Å². The van der Waals surface area contributed by atoms with E-state index in [1.54, 1.807) is 0 Å². The van der Waals surface area contributed by atoms with E-state index in [0.717, 1.165) is 44.9 Å². The van der Waals surface area contributed by atoms with Crippen molar-refractivity contribution in [3.05, 3.63) is 12.2 Å². The number of ether oxygens (including phenoxy) is 2. The van der Waals surface area contributed by atoms with Crippen LogP contribution in [0.2, 0.25) is 0 Å². The van der Waals surface area contributed by atoms with Crippen molar-refractivity contribution in [2.24, 2.45) is 0 Å². The van der Waals surface area contributed by atoms with Gasteiger partial charge in [0.2, 0.25) is 0 Å².